The van der Waals surface area contributed by atoms with Crippen LogP contribution in [0, 0.1) is 28.9 Å². The smallest absolute Gasteiger partial charge is 0.311 e. The Morgan fingerprint density at radius 3 is 2.50 bits per heavy atom. The first-order chi connectivity index (χ1) is 8.65. The number of rotatable bonds is 5. The van der Waals surface area contributed by atoms with Crippen molar-refractivity contribution in [1.29, 1.82) is 0 Å². The highest BCUT2D eigenvalue weighted by molar-refractivity contribution is 5.57. The Morgan fingerprint density at radius 1 is 1.39 bits per heavy atom. The number of nitrogens with one attached hydrogen (secondary N) is 1. The topological polar surface area (TPSA) is 68.1 Å². The largest absolute Gasteiger partial charge is 0.361 e. The first-order valence-corrected chi connectivity index (χ1v) is 6.52. The summed E-state index contributed by atoms with van der Waals surface area (Å²) in [5, 5.41) is 14.4. The summed E-state index contributed by atoms with van der Waals surface area (Å²) >= 11 is 0. The lowest BCUT2D eigenvalue weighted by molar-refractivity contribution is -0.384. The molecule has 0 amide bonds. The molecular weight excluding hydrogens is 230 g/mol. The first-order valence-electron chi connectivity index (χ1n) is 6.52. The summed E-state index contributed by atoms with van der Waals surface area (Å²) in [4.78, 5) is 14.9. The molecule has 0 spiro atoms. The van der Waals surface area contributed by atoms with E-state index in [1.54, 1.807) is 12.3 Å². The van der Waals surface area contributed by atoms with Gasteiger partial charge in [0.05, 0.1) is 4.92 Å². The van der Waals surface area contributed by atoms with Crippen LogP contribution in [0.4, 0.5) is 11.5 Å². The van der Waals surface area contributed by atoms with Crippen LogP contribution in [-0.4, -0.2) is 15.9 Å². The zero-order chi connectivity index (χ0) is 12.7. The zero-order valence-electron chi connectivity index (χ0n) is 10.4. The van der Waals surface area contributed by atoms with E-state index in [0.717, 1.165) is 5.56 Å². The van der Waals surface area contributed by atoms with E-state index in [9.17, 15) is 10.1 Å². The Balaban J connectivity index is 1.84. The number of pyridine rings is 1. The molecule has 0 atom stereocenters. The van der Waals surface area contributed by atoms with Crippen molar-refractivity contribution in [2.45, 2.75) is 38.6 Å². The van der Waals surface area contributed by atoms with E-state index in [-0.39, 0.29) is 10.6 Å². The molecular formula is C13H17N3O2. The average molecular weight is 247 g/mol. The van der Waals surface area contributed by atoms with Gasteiger partial charge in [0.2, 0.25) is 5.82 Å². The maximum absolute atomic E-state index is 11.1. The molecule has 1 aromatic rings. The summed E-state index contributed by atoms with van der Waals surface area (Å²) in [6, 6.07) is 1.98. The van der Waals surface area contributed by atoms with Crippen LogP contribution in [0.15, 0.2) is 12.3 Å². The minimum Gasteiger partial charge on any atom is -0.361 e. The standard InChI is InChI=1S/C13H17N3O2/c1-8-6-11(16(17)18)13(14-7-8)15-12(9-2-3-9)10-4-5-10/h6-7,9-10,12H,2-5H2,1H3,(H,14,15). The molecule has 0 radical (unpaired) electrons. The van der Waals surface area contributed by atoms with E-state index >= 15 is 0 Å². The lowest BCUT2D eigenvalue weighted by Crippen LogP contribution is -2.25. The molecule has 0 aliphatic heterocycles. The SMILES string of the molecule is Cc1cnc(NC(C2CC2)C2CC2)c([N+](=O)[O-])c1. The van der Waals surface area contributed by atoms with Crippen molar-refractivity contribution >= 4 is 11.5 Å². The number of nitrogens with zero attached hydrogens (tertiary/aromatic N) is 2. The van der Waals surface area contributed by atoms with Crippen LogP contribution in [0.25, 0.3) is 0 Å². The van der Waals surface area contributed by atoms with Gasteiger partial charge in [-0.3, -0.25) is 10.1 Å². The van der Waals surface area contributed by atoms with Gasteiger partial charge in [0.15, 0.2) is 0 Å². The fraction of sp³-hybridized carbons (Fsp3) is 0.615. The Hall–Kier alpha value is -1.65. The maximum Gasteiger partial charge on any atom is 0.311 e. The van der Waals surface area contributed by atoms with Crippen molar-refractivity contribution in [2.24, 2.45) is 11.8 Å². The molecule has 3 rings (SSSR count). The lowest BCUT2D eigenvalue weighted by atomic mass is 10.1. The third-order valence-corrected chi connectivity index (χ3v) is 3.76. The van der Waals surface area contributed by atoms with Gasteiger partial charge in [0, 0.05) is 18.3 Å². The van der Waals surface area contributed by atoms with Crippen molar-refractivity contribution in [2.75, 3.05) is 5.32 Å². The molecule has 0 aromatic carbocycles. The molecule has 0 unspecified atom stereocenters. The Kier molecular flexibility index (Phi) is 2.69. The van der Waals surface area contributed by atoms with Gasteiger partial charge in [-0.05, 0) is 50.0 Å². The second-order valence-electron chi connectivity index (χ2n) is 5.48. The Bertz CT molecular complexity index is 469. The van der Waals surface area contributed by atoms with Crippen LogP contribution < -0.4 is 5.32 Å². The normalized spacial score (nSPS) is 19.0. The van der Waals surface area contributed by atoms with E-state index in [1.165, 1.54) is 25.7 Å². The molecule has 1 aromatic heterocycles. The van der Waals surface area contributed by atoms with E-state index in [1.807, 2.05) is 6.92 Å². The number of nitro groups is 1. The second-order valence-corrected chi connectivity index (χ2v) is 5.48. The number of aromatic nitrogens is 1. The van der Waals surface area contributed by atoms with Crippen LogP contribution in [0.3, 0.4) is 0 Å². The van der Waals surface area contributed by atoms with Crippen molar-refractivity contribution in [1.82, 2.24) is 4.98 Å². The maximum atomic E-state index is 11.1. The van der Waals surface area contributed by atoms with Crippen LogP contribution in [0.1, 0.15) is 31.2 Å². The fourth-order valence-corrected chi connectivity index (χ4v) is 2.49. The molecule has 2 aliphatic carbocycles. The molecule has 0 saturated heterocycles. The number of aryl methyl sites for hydroxylation is 1. The van der Waals surface area contributed by atoms with Gasteiger partial charge in [0.25, 0.3) is 0 Å². The molecule has 0 bridgehead atoms. The van der Waals surface area contributed by atoms with Crippen molar-refractivity contribution in [3.05, 3.63) is 27.9 Å². The Labute approximate surface area is 106 Å². The van der Waals surface area contributed by atoms with Crippen molar-refractivity contribution < 1.29 is 4.92 Å². The predicted molar refractivity (Wildman–Crippen MR) is 68.5 cm³/mol. The highest BCUT2D eigenvalue weighted by atomic mass is 16.6. The third kappa shape index (κ3) is 2.30. The molecule has 5 heteroatoms. The molecule has 2 saturated carbocycles. The van der Waals surface area contributed by atoms with Crippen LogP contribution in [-0.2, 0) is 0 Å². The number of hydrogen-bond donors (Lipinski definition) is 1. The van der Waals surface area contributed by atoms with Gasteiger partial charge in [0.1, 0.15) is 0 Å². The molecule has 2 fully saturated rings. The first kappa shape index (κ1) is 11.4. The van der Waals surface area contributed by atoms with Gasteiger partial charge in [-0.15, -0.1) is 0 Å². The van der Waals surface area contributed by atoms with Crippen molar-refractivity contribution in [3.8, 4) is 0 Å². The minimum atomic E-state index is -0.348. The summed E-state index contributed by atoms with van der Waals surface area (Å²) in [5.74, 6) is 1.83. The molecule has 1 heterocycles. The van der Waals surface area contributed by atoms with E-state index in [4.69, 9.17) is 0 Å². The monoisotopic (exact) mass is 247 g/mol. The summed E-state index contributed by atoms with van der Waals surface area (Å²) in [7, 11) is 0. The predicted octanol–water partition coefficient (Wildman–Crippen LogP) is 2.90. The van der Waals surface area contributed by atoms with Crippen molar-refractivity contribution in [3.63, 3.8) is 0 Å². The summed E-state index contributed by atoms with van der Waals surface area (Å²) in [6.07, 6.45) is 6.66. The quantitative estimate of drug-likeness (QED) is 0.641. The highest BCUT2D eigenvalue weighted by Gasteiger charge is 2.42. The highest BCUT2D eigenvalue weighted by Crippen LogP contribution is 2.46. The number of hydrogen-bond acceptors (Lipinski definition) is 4. The molecule has 96 valence electrons. The molecule has 5 nitrogen and oxygen atoms in total. The minimum absolute atomic E-state index is 0.0984. The zero-order valence-corrected chi connectivity index (χ0v) is 10.4. The third-order valence-electron chi connectivity index (χ3n) is 3.76. The number of anilines is 1. The molecule has 1 N–H and O–H groups in total. The second kappa shape index (κ2) is 4.23. The fourth-order valence-electron chi connectivity index (χ4n) is 2.49. The van der Waals surface area contributed by atoms with Crippen LogP contribution in [0.2, 0.25) is 0 Å². The average Bonchev–Trinajstić information content (AvgIpc) is 3.19. The van der Waals surface area contributed by atoms with Crippen LogP contribution >= 0.6 is 0 Å². The van der Waals surface area contributed by atoms with Gasteiger partial charge in [-0.2, -0.15) is 0 Å². The van der Waals surface area contributed by atoms with Crippen LogP contribution in [0.5, 0.6) is 0 Å². The van der Waals surface area contributed by atoms with Gasteiger partial charge < -0.3 is 5.32 Å². The van der Waals surface area contributed by atoms with Gasteiger partial charge >= 0.3 is 5.69 Å². The lowest BCUT2D eigenvalue weighted by Gasteiger charge is -2.18. The molecule has 18 heavy (non-hydrogen) atoms. The summed E-state index contributed by atoms with van der Waals surface area (Å²) in [6.45, 7) is 1.82. The summed E-state index contributed by atoms with van der Waals surface area (Å²) < 4.78 is 0. The molecule has 2 aliphatic rings. The van der Waals surface area contributed by atoms with E-state index < -0.39 is 0 Å². The van der Waals surface area contributed by atoms with E-state index in [2.05, 4.69) is 10.3 Å². The summed E-state index contributed by atoms with van der Waals surface area (Å²) in [5.41, 5.74) is 0.919. The van der Waals surface area contributed by atoms with Gasteiger partial charge in [-0.1, -0.05) is 0 Å². The van der Waals surface area contributed by atoms with E-state index in [0.29, 0.717) is 23.7 Å². The Morgan fingerprint density at radius 2 is 2.00 bits per heavy atom. The van der Waals surface area contributed by atoms with Gasteiger partial charge in [-0.25, -0.2) is 4.98 Å².